The van der Waals surface area contributed by atoms with E-state index in [2.05, 4.69) is 4.99 Å². The highest BCUT2D eigenvalue weighted by Crippen LogP contribution is 2.40. The van der Waals surface area contributed by atoms with Crippen LogP contribution in [0.5, 0.6) is 0 Å². The number of anilines is 1. The summed E-state index contributed by atoms with van der Waals surface area (Å²) in [6, 6.07) is 3.48. The van der Waals surface area contributed by atoms with Crippen LogP contribution in [0.15, 0.2) is 47.5 Å². The van der Waals surface area contributed by atoms with Gasteiger partial charge in [0.1, 0.15) is 5.82 Å². The van der Waals surface area contributed by atoms with Crippen LogP contribution >= 0.6 is 11.6 Å². The zero-order valence-corrected chi connectivity index (χ0v) is 25.6. The SMILES string of the molecule is CN(C(=O)N(C)[C@@H]1CN(C(=O)[C@H]2CC[C@@H](/N=C(/Cl)C(F)(F)F)CC2)C[C@H]1c1ccc(F)cc1)c1cc(C(F)(F)F)cc(C(F)(F)F)c1. The maximum absolute atomic E-state index is 13.7. The molecule has 17 heteroatoms. The molecule has 6 nitrogen and oxygen atoms in total. The normalized spacial score (nSPS) is 22.7. The third-order valence-electron chi connectivity index (χ3n) is 8.52. The van der Waals surface area contributed by atoms with E-state index in [9.17, 15) is 53.5 Å². The summed E-state index contributed by atoms with van der Waals surface area (Å²) in [5.74, 6) is -2.10. The molecule has 1 saturated carbocycles. The highest BCUT2D eigenvalue weighted by molar-refractivity contribution is 6.66. The van der Waals surface area contributed by atoms with Crippen LogP contribution in [-0.4, -0.2) is 72.4 Å². The van der Waals surface area contributed by atoms with Crippen LogP contribution in [0, 0.1) is 11.7 Å². The number of alkyl halides is 9. The Labute approximate surface area is 268 Å². The number of carbonyl (C=O) groups excluding carboxylic acids is 2. The van der Waals surface area contributed by atoms with E-state index in [0.717, 1.165) is 11.9 Å². The second-order valence-corrected chi connectivity index (χ2v) is 12.0. The van der Waals surface area contributed by atoms with Gasteiger partial charge in [-0.1, -0.05) is 23.7 Å². The standard InChI is InChI=1S/C30H29ClF10N4O2/c1-43(22-12-18(28(33,34)35)11-19(13-22)29(36,37)38)27(47)44(2)24-15-45(14-23(24)16-3-7-20(32)8-4-16)25(46)17-5-9-21(10-6-17)42-26(31)30(39,40)41/h3-4,7-8,11-13,17,21,23-24H,5-6,9-10,14-15H2,1-2H3/b42-26+/t17-,21+,23-,24+/m0/s1. The molecule has 2 aromatic carbocycles. The smallest absolute Gasteiger partial charge is 0.340 e. The van der Waals surface area contributed by atoms with Crippen molar-refractivity contribution >= 4 is 34.4 Å². The van der Waals surface area contributed by atoms with E-state index in [1.807, 2.05) is 0 Å². The molecule has 3 amide bonds. The third-order valence-corrected chi connectivity index (χ3v) is 8.83. The number of carbonyl (C=O) groups is 2. The monoisotopic (exact) mass is 702 g/mol. The molecule has 2 fully saturated rings. The summed E-state index contributed by atoms with van der Waals surface area (Å²) in [4.78, 5) is 33.9. The van der Waals surface area contributed by atoms with Gasteiger partial charge < -0.3 is 9.80 Å². The van der Waals surface area contributed by atoms with Crippen LogP contribution in [0.4, 0.5) is 54.4 Å². The zero-order chi connectivity index (χ0) is 35.1. The van der Waals surface area contributed by atoms with Crippen LogP contribution in [0.1, 0.15) is 48.3 Å². The first kappa shape index (κ1) is 36.3. The summed E-state index contributed by atoms with van der Waals surface area (Å²) in [5, 5.41) is -1.48. The summed E-state index contributed by atoms with van der Waals surface area (Å²) in [5.41, 5.74) is -3.36. The summed E-state index contributed by atoms with van der Waals surface area (Å²) in [7, 11) is 2.31. The van der Waals surface area contributed by atoms with Gasteiger partial charge >= 0.3 is 24.6 Å². The lowest BCUT2D eigenvalue weighted by Gasteiger charge is -2.33. The van der Waals surface area contributed by atoms with Gasteiger partial charge in [0.05, 0.1) is 23.2 Å². The number of halogens is 11. The van der Waals surface area contributed by atoms with E-state index in [4.69, 9.17) is 11.6 Å². The predicted octanol–water partition coefficient (Wildman–Crippen LogP) is 8.10. The van der Waals surface area contributed by atoms with Gasteiger partial charge in [0.25, 0.3) is 0 Å². The number of likely N-dealkylation sites (N-methyl/N-ethyl adjacent to an activating group) is 1. The Balaban J connectivity index is 1.57. The Kier molecular flexibility index (Phi) is 10.4. The molecule has 0 aromatic heterocycles. The van der Waals surface area contributed by atoms with Crippen molar-refractivity contribution in [2.45, 2.75) is 62.2 Å². The highest BCUT2D eigenvalue weighted by atomic mass is 35.5. The molecule has 2 atom stereocenters. The molecule has 258 valence electrons. The first-order valence-electron chi connectivity index (χ1n) is 14.3. The second-order valence-electron chi connectivity index (χ2n) is 11.6. The lowest BCUT2D eigenvalue weighted by atomic mass is 9.85. The average Bonchev–Trinajstić information content (AvgIpc) is 3.44. The number of nitrogens with zero attached hydrogens (tertiary/aromatic N) is 4. The van der Waals surface area contributed by atoms with Crippen molar-refractivity contribution in [2.24, 2.45) is 10.9 Å². The van der Waals surface area contributed by atoms with Crippen molar-refractivity contribution in [2.75, 3.05) is 32.1 Å². The van der Waals surface area contributed by atoms with E-state index in [1.54, 1.807) is 0 Å². The molecular weight excluding hydrogens is 674 g/mol. The summed E-state index contributed by atoms with van der Waals surface area (Å²) >= 11 is 5.26. The van der Waals surface area contributed by atoms with E-state index in [0.29, 0.717) is 22.6 Å². The molecule has 0 spiro atoms. The fourth-order valence-corrected chi connectivity index (χ4v) is 6.10. The number of hydrogen-bond acceptors (Lipinski definition) is 3. The van der Waals surface area contributed by atoms with Gasteiger partial charge in [-0.2, -0.15) is 39.5 Å². The predicted molar refractivity (Wildman–Crippen MR) is 153 cm³/mol. The minimum Gasteiger partial charge on any atom is -0.340 e. The van der Waals surface area contributed by atoms with Crippen molar-refractivity contribution in [3.05, 3.63) is 65.0 Å². The molecule has 0 radical (unpaired) electrons. The highest BCUT2D eigenvalue weighted by Gasteiger charge is 2.44. The topological polar surface area (TPSA) is 56.2 Å². The van der Waals surface area contributed by atoms with Gasteiger partial charge in [-0.3, -0.25) is 14.7 Å². The minimum atomic E-state index is -5.14. The number of likely N-dealkylation sites (tertiary alicyclic amines) is 1. The van der Waals surface area contributed by atoms with Crippen LogP contribution in [0.25, 0.3) is 0 Å². The maximum atomic E-state index is 13.7. The molecule has 47 heavy (non-hydrogen) atoms. The fourth-order valence-electron chi connectivity index (χ4n) is 5.96. The molecule has 1 heterocycles. The molecule has 0 unspecified atom stereocenters. The molecule has 1 aliphatic heterocycles. The number of amides is 3. The Morgan fingerprint density at radius 3 is 1.85 bits per heavy atom. The first-order valence-corrected chi connectivity index (χ1v) is 14.7. The van der Waals surface area contributed by atoms with Crippen LogP contribution in [0.2, 0.25) is 0 Å². The number of aliphatic imine (C=N–C) groups is 1. The zero-order valence-electron chi connectivity index (χ0n) is 24.9. The Morgan fingerprint density at radius 1 is 0.830 bits per heavy atom. The Bertz CT molecular complexity index is 1450. The molecule has 0 N–H and O–H groups in total. The van der Waals surface area contributed by atoms with Gasteiger partial charge in [0, 0.05) is 44.7 Å². The lowest BCUT2D eigenvalue weighted by molar-refractivity contribution is -0.143. The lowest BCUT2D eigenvalue weighted by Crippen LogP contribution is -2.48. The number of rotatable bonds is 5. The summed E-state index contributed by atoms with van der Waals surface area (Å²) in [6.07, 6.45) is -14.3. The molecule has 4 rings (SSSR count). The number of benzene rings is 2. The number of hydrogen-bond donors (Lipinski definition) is 0. The quantitative estimate of drug-likeness (QED) is 0.234. The molecular formula is C30H29ClF10N4O2. The molecule has 1 aliphatic carbocycles. The van der Waals surface area contributed by atoms with E-state index in [-0.39, 0.29) is 50.7 Å². The van der Waals surface area contributed by atoms with Crippen molar-refractivity contribution < 1.29 is 53.5 Å². The summed E-state index contributed by atoms with van der Waals surface area (Å²) in [6.45, 7) is -0.0401. The van der Waals surface area contributed by atoms with Gasteiger partial charge in [0.15, 0.2) is 0 Å². The van der Waals surface area contributed by atoms with Crippen molar-refractivity contribution in [3.63, 3.8) is 0 Å². The molecule has 2 aromatic rings. The maximum Gasteiger partial charge on any atom is 0.444 e. The van der Waals surface area contributed by atoms with E-state index >= 15 is 0 Å². The van der Waals surface area contributed by atoms with Crippen molar-refractivity contribution in [3.8, 4) is 0 Å². The first-order chi connectivity index (χ1) is 21.7. The van der Waals surface area contributed by atoms with Gasteiger partial charge in [-0.15, -0.1) is 0 Å². The van der Waals surface area contributed by atoms with Crippen molar-refractivity contribution in [1.29, 1.82) is 0 Å². The van der Waals surface area contributed by atoms with Crippen LogP contribution in [-0.2, 0) is 17.1 Å². The number of urea groups is 1. The largest absolute Gasteiger partial charge is 0.444 e. The second kappa shape index (κ2) is 13.5. The van der Waals surface area contributed by atoms with Gasteiger partial charge in [-0.25, -0.2) is 9.18 Å². The average molecular weight is 703 g/mol. The molecule has 1 saturated heterocycles. The van der Waals surface area contributed by atoms with E-state index in [1.165, 1.54) is 36.2 Å². The Morgan fingerprint density at radius 2 is 1.36 bits per heavy atom. The minimum absolute atomic E-state index is 0.0379. The van der Waals surface area contributed by atoms with Crippen LogP contribution < -0.4 is 4.90 Å². The molecule has 2 aliphatic rings. The van der Waals surface area contributed by atoms with Crippen molar-refractivity contribution in [1.82, 2.24) is 9.80 Å². The third kappa shape index (κ3) is 8.49. The molecule has 0 bridgehead atoms. The van der Waals surface area contributed by atoms with Gasteiger partial charge in [0.2, 0.25) is 11.1 Å². The summed E-state index contributed by atoms with van der Waals surface area (Å²) < 4.78 is 133. The van der Waals surface area contributed by atoms with Crippen LogP contribution in [0.3, 0.4) is 0 Å². The van der Waals surface area contributed by atoms with Gasteiger partial charge in [-0.05, 0) is 61.6 Å². The Hall–Kier alpha value is -3.56. The fraction of sp³-hybridized carbons (Fsp3) is 0.500. The van der Waals surface area contributed by atoms with E-state index < -0.39 is 76.3 Å².